The van der Waals surface area contributed by atoms with E-state index in [0.29, 0.717) is 19.4 Å². The van der Waals surface area contributed by atoms with Crippen LogP contribution < -0.4 is 16.4 Å². The summed E-state index contributed by atoms with van der Waals surface area (Å²) in [4.78, 5) is 23.1. The largest absolute Gasteiger partial charge is 0.450 e. The molecule has 0 aromatic heterocycles. The Kier molecular flexibility index (Phi) is 8.22. The molecule has 0 saturated carbocycles. The molecular formula is C15H31N3O4. The molecule has 1 atom stereocenters. The van der Waals surface area contributed by atoms with Crippen LogP contribution in [-0.4, -0.2) is 42.5 Å². The van der Waals surface area contributed by atoms with E-state index in [2.05, 4.69) is 10.6 Å². The van der Waals surface area contributed by atoms with Crippen LogP contribution in [0.5, 0.6) is 0 Å². The number of nitrogens with two attached hydrogens (primary N) is 1. The Bertz CT molecular complexity index is 359. The van der Waals surface area contributed by atoms with Gasteiger partial charge in [0.05, 0.1) is 6.61 Å². The summed E-state index contributed by atoms with van der Waals surface area (Å²) in [6, 6.07) is -0.205. The number of rotatable bonds is 6. The van der Waals surface area contributed by atoms with Crippen molar-refractivity contribution in [1.82, 2.24) is 10.6 Å². The third-order valence-corrected chi connectivity index (χ3v) is 2.41. The van der Waals surface area contributed by atoms with Gasteiger partial charge in [-0.3, -0.25) is 0 Å². The summed E-state index contributed by atoms with van der Waals surface area (Å²) in [6.45, 7) is 11.6. The lowest BCUT2D eigenvalue weighted by Crippen LogP contribution is -2.43. The maximum Gasteiger partial charge on any atom is 0.407 e. The zero-order chi connectivity index (χ0) is 17.4. The average molecular weight is 317 g/mol. The van der Waals surface area contributed by atoms with Gasteiger partial charge in [0.2, 0.25) is 0 Å². The number of nitrogens with one attached hydrogen (secondary N) is 2. The number of amides is 2. The molecule has 0 aliphatic heterocycles. The number of ether oxygens (including phenoxy) is 2. The zero-order valence-electron chi connectivity index (χ0n) is 14.6. The normalized spacial score (nSPS) is 13.2. The maximum absolute atomic E-state index is 11.6. The van der Waals surface area contributed by atoms with Crippen molar-refractivity contribution in [2.24, 2.45) is 5.73 Å². The van der Waals surface area contributed by atoms with Crippen molar-refractivity contribution in [3.63, 3.8) is 0 Å². The second-order valence-corrected chi connectivity index (χ2v) is 7.23. The first-order valence-corrected chi connectivity index (χ1v) is 7.57. The number of alkyl carbamates (subject to hydrolysis) is 2. The fourth-order valence-electron chi connectivity index (χ4n) is 1.56. The van der Waals surface area contributed by atoms with Crippen LogP contribution in [0, 0.1) is 0 Å². The monoisotopic (exact) mass is 317 g/mol. The van der Waals surface area contributed by atoms with Crippen LogP contribution in [0.1, 0.15) is 54.4 Å². The number of hydrogen-bond donors (Lipinski definition) is 3. The van der Waals surface area contributed by atoms with Crippen LogP contribution in [-0.2, 0) is 9.47 Å². The zero-order valence-corrected chi connectivity index (χ0v) is 14.6. The first-order valence-electron chi connectivity index (χ1n) is 7.57. The lowest BCUT2D eigenvalue weighted by atomic mass is 10.1. The Balaban J connectivity index is 3.96. The Hall–Kier alpha value is -1.50. The molecule has 0 bridgehead atoms. The Morgan fingerprint density at radius 2 is 1.68 bits per heavy atom. The first-order chi connectivity index (χ1) is 9.93. The van der Waals surface area contributed by atoms with Crippen molar-refractivity contribution >= 4 is 12.2 Å². The summed E-state index contributed by atoms with van der Waals surface area (Å²) in [6.07, 6.45) is 0.277. The molecule has 130 valence electrons. The van der Waals surface area contributed by atoms with Crippen molar-refractivity contribution in [3.05, 3.63) is 0 Å². The van der Waals surface area contributed by atoms with Gasteiger partial charge in [-0.05, 0) is 54.4 Å². The lowest BCUT2D eigenvalue weighted by Gasteiger charge is -2.23. The van der Waals surface area contributed by atoms with Crippen LogP contribution in [0.3, 0.4) is 0 Å². The highest BCUT2D eigenvalue weighted by molar-refractivity contribution is 5.68. The van der Waals surface area contributed by atoms with Gasteiger partial charge in [0.15, 0.2) is 0 Å². The smallest absolute Gasteiger partial charge is 0.407 e. The number of carbonyl (C=O) groups excluding carboxylic acids is 2. The van der Waals surface area contributed by atoms with Gasteiger partial charge >= 0.3 is 12.2 Å². The summed E-state index contributed by atoms with van der Waals surface area (Å²) in [7, 11) is 0. The minimum absolute atomic E-state index is 0.205. The van der Waals surface area contributed by atoms with E-state index >= 15 is 0 Å². The van der Waals surface area contributed by atoms with E-state index in [1.807, 2.05) is 20.8 Å². The van der Waals surface area contributed by atoms with Crippen LogP contribution in [0.15, 0.2) is 0 Å². The molecule has 0 fully saturated rings. The highest BCUT2D eigenvalue weighted by Crippen LogP contribution is 2.07. The van der Waals surface area contributed by atoms with Crippen molar-refractivity contribution in [3.8, 4) is 0 Å². The topological polar surface area (TPSA) is 103 Å². The standard InChI is InChI=1S/C15H31N3O4/c1-14(2,3)18-13(20)21-9-7-8-11(10-16)17-12(19)22-15(4,5)6/h11H,7-10,16H2,1-6H3,(H,17,19)(H,18,20)/t11-/m0/s1. The van der Waals surface area contributed by atoms with E-state index in [4.69, 9.17) is 15.2 Å². The molecule has 0 spiro atoms. The molecule has 2 amide bonds. The predicted octanol–water partition coefficient (Wildman–Crippen LogP) is 2.14. The molecule has 0 radical (unpaired) electrons. The van der Waals surface area contributed by atoms with Crippen molar-refractivity contribution < 1.29 is 19.1 Å². The van der Waals surface area contributed by atoms with Gasteiger partial charge in [-0.2, -0.15) is 0 Å². The number of hydrogen-bond acceptors (Lipinski definition) is 5. The molecule has 0 heterocycles. The molecule has 0 aromatic rings. The molecule has 0 unspecified atom stereocenters. The quantitative estimate of drug-likeness (QED) is 0.651. The van der Waals surface area contributed by atoms with Gasteiger partial charge < -0.3 is 25.8 Å². The molecule has 0 aliphatic carbocycles. The predicted molar refractivity (Wildman–Crippen MR) is 85.7 cm³/mol. The first kappa shape index (κ1) is 20.5. The third-order valence-electron chi connectivity index (χ3n) is 2.41. The van der Waals surface area contributed by atoms with Gasteiger partial charge in [0.1, 0.15) is 5.60 Å². The third kappa shape index (κ3) is 12.3. The molecule has 7 nitrogen and oxygen atoms in total. The molecule has 0 aromatic carbocycles. The fourth-order valence-corrected chi connectivity index (χ4v) is 1.56. The highest BCUT2D eigenvalue weighted by Gasteiger charge is 2.19. The van der Waals surface area contributed by atoms with E-state index in [1.54, 1.807) is 20.8 Å². The van der Waals surface area contributed by atoms with Gasteiger partial charge in [0, 0.05) is 18.1 Å². The molecule has 22 heavy (non-hydrogen) atoms. The Morgan fingerprint density at radius 1 is 1.09 bits per heavy atom. The van der Waals surface area contributed by atoms with Crippen molar-refractivity contribution in [2.75, 3.05) is 13.2 Å². The highest BCUT2D eigenvalue weighted by atomic mass is 16.6. The SMILES string of the molecule is CC(C)(C)NC(=O)OCCC[C@@H](CN)NC(=O)OC(C)(C)C. The van der Waals surface area contributed by atoms with Gasteiger partial charge in [-0.15, -0.1) is 0 Å². The molecule has 4 N–H and O–H groups in total. The maximum atomic E-state index is 11.6. The van der Waals surface area contributed by atoms with Gasteiger partial charge in [0.25, 0.3) is 0 Å². The summed E-state index contributed by atoms with van der Waals surface area (Å²) < 4.78 is 10.2. The summed E-state index contributed by atoms with van der Waals surface area (Å²) in [5.41, 5.74) is 4.75. The lowest BCUT2D eigenvalue weighted by molar-refractivity contribution is 0.0500. The summed E-state index contributed by atoms with van der Waals surface area (Å²) >= 11 is 0. The van der Waals surface area contributed by atoms with Gasteiger partial charge in [-0.1, -0.05) is 0 Å². The summed E-state index contributed by atoms with van der Waals surface area (Å²) in [5.74, 6) is 0. The van der Waals surface area contributed by atoms with Crippen molar-refractivity contribution in [2.45, 2.75) is 71.6 Å². The summed E-state index contributed by atoms with van der Waals surface area (Å²) in [5, 5.41) is 5.41. The minimum Gasteiger partial charge on any atom is -0.450 e. The second kappa shape index (κ2) is 8.82. The van der Waals surface area contributed by atoms with E-state index in [9.17, 15) is 9.59 Å². The van der Waals surface area contributed by atoms with E-state index in [0.717, 1.165) is 0 Å². The molecule has 0 aliphatic rings. The average Bonchev–Trinajstić information content (AvgIpc) is 2.28. The van der Waals surface area contributed by atoms with E-state index in [-0.39, 0.29) is 18.2 Å². The molecular weight excluding hydrogens is 286 g/mol. The van der Waals surface area contributed by atoms with Crippen LogP contribution in [0.4, 0.5) is 9.59 Å². The van der Waals surface area contributed by atoms with Crippen LogP contribution >= 0.6 is 0 Å². The Morgan fingerprint density at radius 3 is 2.14 bits per heavy atom. The van der Waals surface area contributed by atoms with Gasteiger partial charge in [-0.25, -0.2) is 9.59 Å². The minimum atomic E-state index is -0.544. The van der Waals surface area contributed by atoms with Crippen LogP contribution in [0.25, 0.3) is 0 Å². The molecule has 0 saturated heterocycles. The van der Waals surface area contributed by atoms with E-state index in [1.165, 1.54) is 0 Å². The second-order valence-electron chi connectivity index (χ2n) is 7.23. The number of carbonyl (C=O) groups is 2. The van der Waals surface area contributed by atoms with Crippen molar-refractivity contribution in [1.29, 1.82) is 0 Å². The van der Waals surface area contributed by atoms with Crippen LogP contribution in [0.2, 0.25) is 0 Å². The fraction of sp³-hybridized carbons (Fsp3) is 0.867. The van der Waals surface area contributed by atoms with E-state index < -0.39 is 17.8 Å². The Labute approximate surface area is 133 Å². The molecule has 0 rings (SSSR count). The molecule has 7 heteroatoms.